The molecule has 2 aromatic rings. The van der Waals surface area contributed by atoms with Crippen molar-refractivity contribution in [2.75, 3.05) is 52.2 Å². The number of rotatable bonds is 9. The summed E-state index contributed by atoms with van der Waals surface area (Å²) in [6.07, 6.45) is 1.67. The molecule has 0 saturated carbocycles. The van der Waals surface area contributed by atoms with Crippen LogP contribution in [-0.4, -0.2) is 51.6 Å². The number of ether oxygens (including phenoxy) is 4. The summed E-state index contributed by atoms with van der Waals surface area (Å²) in [5, 5.41) is 6.28. The summed E-state index contributed by atoms with van der Waals surface area (Å²) >= 11 is 0. The normalized spacial score (nSPS) is 10.2. The standard InChI is InChI=1S/C16H22N4O4/c1-21-8-7-18-16-17-6-5-14(20-16)19-11-9-12(22-2)15(24-4)13(10-11)23-3/h5-6,9-10H,7-8H2,1-4H3,(H2,17,18,19,20). The fraction of sp³-hybridized carbons (Fsp3) is 0.375. The highest BCUT2D eigenvalue weighted by Gasteiger charge is 2.13. The molecule has 8 heteroatoms. The Morgan fingerprint density at radius 1 is 1.00 bits per heavy atom. The van der Waals surface area contributed by atoms with E-state index in [1.165, 1.54) is 0 Å². The molecule has 24 heavy (non-hydrogen) atoms. The van der Waals surface area contributed by atoms with Crippen LogP contribution in [0.4, 0.5) is 17.5 Å². The molecule has 0 radical (unpaired) electrons. The predicted octanol–water partition coefficient (Wildman–Crippen LogP) is 2.30. The van der Waals surface area contributed by atoms with E-state index in [4.69, 9.17) is 18.9 Å². The third kappa shape index (κ3) is 4.39. The molecule has 0 saturated heterocycles. The molecule has 2 N–H and O–H groups in total. The zero-order chi connectivity index (χ0) is 17.4. The van der Waals surface area contributed by atoms with Gasteiger partial charge in [-0.25, -0.2) is 4.98 Å². The van der Waals surface area contributed by atoms with Crippen molar-refractivity contribution in [1.29, 1.82) is 0 Å². The van der Waals surface area contributed by atoms with Gasteiger partial charge in [0.25, 0.3) is 0 Å². The van der Waals surface area contributed by atoms with Crippen LogP contribution in [0.3, 0.4) is 0 Å². The van der Waals surface area contributed by atoms with E-state index in [1.54, 1.807) is 40.7 Å². The Kier molecular flexibility index (Phi) is 6.44. The maximum atomic E-state index is 5.34. The average Bonchev–Trinajstić information content (AvgIpc) is 2.61. The van der Waals surface area contributed by atoms with Gasteiger partial charge in [-0.2, -0.15) is 4.98 Å². The number of hydrogen-bond donors (Lipinski definition) is 2. The number of nitrogens with one attached hydrogen (secondary N) is 2. The quantitative estimate of drug-likeness (QED) is 0.676. The van der Waals surface area contributed by atoms with Gasteiger partial charge in [-0.1, -0.05) is 0 Å². The molecular formula is C16H22N4O4. The van der Waals surface area contributed by atoms with Crippen molar-refractivity contribution < 1.29 is 18.9 Å². The highest BCUT2D eigenvalue weighted by atomic mass is 16.5. The van der Waals surface area contributed by atoms with Crippen molar-refractivity contribution in [3.05, 3.63) is 24.4 Å². The van der Waals surface area contributed by atoms with Gasteiger partial charge in [-0.3, -0.25) is 0 Å². The van der Waals surface area contributed by atoms with Crippen LogP contribution in [0.15, 0.2) is 24.4 Å². The molecule has 0 atom stereocenters. The van der Waals surface area contributed by atoms with Gasteiger partial charge in [0.2, 0.25) is 11.7 Å². The van der Waals surface area contributed by atoms with Gasteiger partial charge >= 0.3 is 0 Å². The SMILES string of the molecule is COCCNc1nccc(Nc2cc(OC)c(OC)c(OC)c2)n1. The summed E-state index contributed by atoms with van der Waals surface area (Å²) in [5.74, 6) is 2.82. The first-order valence-corrected chi connectivity index (χ1v) is 7.34. The number of nitrogens with zero attached hydrogens (tertiary/aromatic N) is 2. The van der Waals surface area contributed by atoms with E-state index in [1.807, 2.05) is 12.1 Å². The molecule has 0 aliphatic rings. The van der Waals surface area contributed by atoms with Crippen LogP contribution in [-0.2, 0) is 4.74 Å². The average molecular weight is 334 g/mol. The number of methoxy groups -OCH3 is 4. The lowest BCUT2D eigenvalue weighted by Crippen LogP contribution is -2.10. The second-order valence-corrected chi connectivity index (χ2v) is 4.72. The Labute approximate surface area is 141 Å². The van der Waals surface area contributed by atoms with E-state index in [0.717, 1.165) is 5.69 Å². The van der Waals surface area contributed by atoms with Gasteiger partial charge < -0.3 is 29.6 Å². The van der Waals surface area contributed by atoms with Crippen LogP contribution < -0.4 is 24.8 Å². The molecular weight excluding hydrogens is 312 g/mol. The minimum Gasteiger partial charge on any atom is -0.493 e. The largest absolute Gasteiger partial charge is 0.493 e. The Bertz CT molecular complexity index is 641. The second-order valence-electron chi connectivity index (χ2n) is 4.72. The Morgan fingerprint density at radius 2 is 1.71 bits per heavy atom. The smallest absolute Gasteiger partial charge is 0.224 e. The van der Waals surface area contributed by atoms with Gasteiger partial charge in [-0.15, -0.1) is 0 Å². The zero-order valence-electron chi connectivity index (χ0n) is 14.3. The fourth-order valence-electron chi connectivity index (χ4n) is 2.08. The van der Waals surface area contributed by atoms with Crippen molar-refractivity contribution >= 4 is 17.5 Å². The highest BCUT2D eigenvalue weighted by molar-refractivity contribution is 5.66. The third-order valence-corrected chi connectivity index (χ3v) is 3.18. The van der Waals surface area contributed by atoms with E-state index in [0.29, 0.717) is 42.2 Å². The highest BCUT2D eigenvalue weighted by Crippen LogP contribution is 2.40. The number of hydrogen-bond acceptors (Lipinski definition) is 8. The topological polar surface area (TPSA) is 86.8 Å². The number of benzene rings is 1. The number of anilines is 3. The van der Waals surface area contributed by atoms with Gasteiger partial charge in [0.1, 0.15) is 5.82 Å². The molecule has 1 aromatic carbocycles. The van der Waals surface area contributed by atoms with Gasteiger partial charge in [-0.05, 0) is 6.07 Å². The molecule has 2 rings (SSSR count). The first kappa shape index (κ1) is 17.6. The molecule has 130 valence electrons. The molecule has 0 aliphatic heterocycles. The second kappa shape index (κ2) is 8.78. The zero-order valence-corrected chi connectivity index (χ0v) is 14.3. The molecule has 1 aromatic heterocycles. The molecule has 8 nitrogen and oxygen atoms in total. The van der Waals surface area contributed by atoms with Crippen LogP contribution in [0.5, 0.6) is 17.2 Å². The van der Waals surface area contributed by atoms with E-state index in [-0.39, 0.29) is 0 Å². The summed E-state index contributed by atoms with van der Waals surface area (Å²) in [6.45, 7) is 1.21. The van der Waals surface area contributed by atoms with E-state index in [2.05, 4.69) is 20.6 Å². The lowest BCUT2D eigenvalue weighted by molar-refractivity contribution is 0.210. The summed E-state index contributed by atoms with van der Waals surface area (Å²) in [7, 11) is 6.36. The molecule has 0 amide bonds. The minimum atomic E-state index is 0.518. The van der Waals surface area contributed by atoms with Gasteiger partial charge in [0.05, 0.1) is 27.9 Å². The van der Waals surface area contributed by atoms with Crippen molar-refractivity contribution in [1.82, 2.24) is 9.97 Å². The lowest BCUT2D eigenvalue weighted by atomic mass is 10.2. The fourth-order valence-corrected chi connectivity index (χ4v) is 2.08. The van der Waals surface area contributed by atoms with E-state index >= 15 is 0 Å². The van der Waals surface area contributed by atoms with Crippen molar-refractivity contribution in [2.24, 2.45) is 0 Å². The van der Waals surface area contributed by atoms with Crippen LogP contribution in [0.2, 0.25) is 0 Å². The first-order chi connectivity index (χ1) is 11.7. The third-order valence-electron chi connectivity index (χ3n) is 3.18. The maximum Gasteiger partial charge on any atom is 0.224 e. The molecule has 0 spiro atoms. The minimum absolute atomic E-state index is 0.518. The first-order valence-electron chi connectivity index (χ1n) is 7.34. The van der Waals surface area contributed by atoms with Crippen molar-refractivity contribution in [3.8, 4) is 17.2 Å². The Balaban J connectivity index is 2.20. The predicted molar refractivity (Wildman–Crippen MR) is 91.8 cm³/mol. The molecule has 0 fully saturated rings. The van der Waals surface area contributed by atoms with Gasteiger partial charge in [0, 0.05) is 37.7 Å². The maximum absolute atomic E-state index is 5.34. The van der Waals surface area contributed by atoms with E-state index < -0.39 is 0 Å². The summed E-state index contributed by atoms with van der Waals surface area (Å²) in [5.41, 5.74) is 0.756. The molecule has 0 bridgehead atoms. The summed E-state index contributed by atoms with van der Waals surface area (Å²) < 4.78 is 21.0. The van der Waals surface area contributed by atoms with Crippen LogP contribution in [0.25, 0.3) is 0 Å². The van der Waals surface area contributed by atoms with E-state index in [9.17, 15) is 0 Å². The summed E-state index contributed by atoms with van der Waals surface area (Å²) in [4.78, 5) is 8.55. The monoisotopic (exact) mass is 334 g/mol. The Morgan fingerprint density at radius 3 is 2.29 bits per heavy atom. The molecule has 0 aliphatic carbocycles. The van der Waals surface area contributed by atoms with Crippen LogP contribution in [0, 0.1) is 0 Å². The van der Waals surface area contributed by atoms with Gasteiger partial charge in [0.15, 0.2) is 11.5 Å². The van der Waals surface area contributed by atoms with Crippen molar-refractivity contribution in [2.45, 2.75) is 0 Å². The van der Waals surface area contributed by atoms with Crippen molar-refractivity contribution in [3.63, 3.8) is 0 Å². The summed E-state index contributed by atoms with van der Waals surface area (Å²) in [6, 6.07) is 5.38. The Hall–Kier alpha value is -2.74. The molecule has 0 unspecified atom stereocenters. The van der Waals surface area contributed by atoms with Crippen LogP contribution in [0.1, 0.15) is 0 Å². The lowest BCUT2D eigenvalue weighted by Gasteiger charge is -2.15. The van der Waals surface area contributed by atoms with Crippen LogP contribution >= 0.6 is 0 Å². The molecule has 1 heterocycles. The number of aromatic nitrogens is 2.